The molecule has 1 saturated heterocycles. The largest absolute Gasteiger partial charge is 0.494 e. The summed E-state index contributed by atoms with van der Waals surface area (Å²) in [4.78, 5) is 14.9. The number of nitrogens with zero attached hydrogens (tertiary/aromatic N) is 5. The van der Waals surface area contributed by atoms with E-state index >= 15 is 0 Å². The first-order valence-electron chi connectivity index (χ1n) is 15.0. The van der Waals surface area contributed by atoms with Crippen molar-refractivity contribution in [1.82, 2.24) is 19.6 Å². The third-order valence-corrected chi connectivity index (χ3v) is 8.57. The zero-order chi connectivity index (χ0) is 32.6. The van der Waals surface area contributed by atoms with Crippen LogP contribution in [0.3, 0.4) is 0 Å². The van der Waals surface area contributed by atoms with E-state index in [1.54, 1.807) is 63.1 Å². The van der Waals surface area contributed by atoms with Crippen molar-refractivity contribution in [3.8, 4) is 0 Å². The van der Waals surface area contributed by atoms with Crippen LogP contribution in [0.4, 0.5) is 20.4 Å². The molecule has 1 aliphatic heterocycles. The standard InChI is InChI=1S/C34H35BF2N6O3/c1-33(2)34(3,4)46-35(45-33)26-11-9-25(10-12-26)31(32(38)44)43(29-17-19-41(39-29)21-23-5-13-27(36)14-6-23)30-18-20-42(40-30)22-24-7-15-28(37)16-8-24/h5-20,31H,21-22H2,1-4H3,(H2,38,44). The van der Waals surface area contributed by atoms with Gasteiger partial charge in [0, 0.05) is 24.5 Å². The number of hydrogen-bond donors (Lipinski definition) is 1. The highest BCUT2D eigenvalue weighted by molar-refractivity contribution is 6.62. The Bertz CT molecular complexity index is 1720. The summed E-state index contributed by atoms with van der Waals surface area (Å²) in [6.07, 6.45) is 3.56. The van der Waals surface area contributed by atoms with Gasteiger partial charge in [0.15, 0.2) is 11.6 Å². The molecule has 0 saturated carbocycles. The second kappa shape index (κ2) is 12.2. The summed E-state index contributed by atoms with van der Waals surface area (Å²) in [5.41, 5.74) is 8.24. The summed E-state index contributed by atoms with van der Waals surface area (Å²) in [6.45, 7) is 8.74. The Hall–Kier alpha value is -4.81. The third kappa shape index (κ3) is 6.44. The van der Waals surface area contributed by atoms with E-state index in [4.69, 9.17) is 25.2 Å². The van der Waals surface area contributed by atoms with Gasteiger partial charge in [-0.2, -0.15) is 10.2 Å². The molecule has 3 heterocycles. The molecule has 12 heteroatoms. The van der Waals surface area contributed by atoms with Gasteiger partial charge in [-0.05, 0) is 74.1 Å². The molecule has 0 spiro atoms. The van der Waals surface area contributed by atoms with Crippen LogP contribution in [-0.2, 0) is 27.2 Å². The molecule has 2 N–H and O–H groups in total. The molecule has 1 fully saturated rings. The first-order valence-corrected chi connectivity index (χ1v) is 15.0. The van der Waals surface area contributed by atoms with E-state index in [9.17, 15) is 13.6 Å². The number of carbonyl (C=O) groups is 1. The minimum atomic E-state index is -0.976. The molecule has 1 aliphatic rings. The average Bonchev–Trinajstić information content (AvgIpc) is 3.72. The zero-order valence-corrected chi connectivity index (χ0v) is 26.1. The lowest BCUT2D eigenvalue weighted by Gasteiger charge is -2.32. The second-order valence-electron chi connectivity index (χ2n) is 12.4. The number of nitrogens with two attached hydrogens (primary N) is 1. The van der Waals surface area contributed by atoms with Crippen molar-refractivity contribution in [3.05, 3.63) is 126 Å². The smallest absolute Gasteiger partial charge is 0.399 e. The van der Waals surface area contributed by atoms with Crippen LogP contribution >= 0.6 is 0 Å². The monoisotopic (exact) mass is 624 g/mol. The van der Waals surface area contributed by atoms with Crippen molar-refractivity contribution < 1.29 is 22.9 Å². The van der Waals surface area contributed by atoms with Gasteiger partial charge in [0.25, 0.3) is 0 Å². The van der Waals surface area contributed by atoms with Crippen molar-refractivity contribution in [2.45, 2.75) is 58.0 Å². The molecule has 2 aromatic heterocycles. The third-order valence-electron chi connectivity index (χ3n) is 8.57. The number of rotatable bonds is 10. The van der Waals surface area contributed by atoms with Gasteiger partial charge >= 0.3 is 7.12 Å². The Morgan fingerprint density at radius 1 is 0.761 bits per heavy atom. The maximum absolute atomic E-state index is 13.5. The number of benzene rings is 3. The first kappa shape index (κ1) is 31.2. The summed E-state index contributed by atoms with van der Waals surface area (Å²) < 4.78 is 42.8. The Kier molecular flexibility index (Phi) is 8.26. The fraction of sp³-hybridized carbons (Fsp3) is 0.265. The molecule has 46 heavy (non-hydrogen) atoms. The number of aromatic nitrogens is 4. The molecule has 1 atom stereocenters. The molecular weight excluding hydrogens is 589 g/mol. The molecule has 1 unspecified atom stereocenters. The maximum atomic E-state index is 13.5. The van der Waals surface area contributed by atoms with Crippen LogP contribution < -0.4 is 16.1 Å². The molecule has 236 valence electrons. The number of primary amides is 1. The Labute approximate surface area is 266 Å². The lowest BCUT2D eigenvalue weighted by Crippen LogP contribution is -2.41. The molecular formula is C34H35BF2N6O3. The zero-order valence-electron chi connectivity index (χ0n) is 26.1. The summed E-state index contributed by atoms with van der Waals surface area (Å²) in [6, 6.07) is 22.3. The van der Waals surface area contributed by atoms with Gasteiger partial charge in [0.05, 0.1) is 24.3 Å². The van der Waals surface area contributed by atoms with Crippen molar-refractivity contribution in [2.75, 3.05) is 4.90 Å². The van der Waals surface area contributed by atoms with Crippen LogP contribution in [0, 0.1) is 11.6 Å². The topological polar surface area (TPSA) is 100 Å². The molecule has 0 radical (unpaired) electrons. The van der Waals surface area contributed by atoms with E-state index in [-0.39, 0.29) is 11.6 Å². The van der Waals surface area contributed by atoms with Gasteiger partial charge in [-0.3, -0.25) is 19.1 Å². The molecule has 1 amide bonds. The van der Waals surface area contributed by atoms with Crippen LogP contribution in [0.5, 0.6) is 0 Å². The quantitative estimate of drug-likeness (QED) is 0.217. The van der Waals surface area contributed by atoms with Crippen LogP contribution in [0.1, 0.15) is 50.4 Å². The molecule has 3 aromatic carbocycles. The lowest BCUT2D eigenvalue weighted by atomic mass is 9.78. The number of carbonyl (C=O) groups excluding carboxylic acids is 1. The summed E-state index contributed by atoms with van der Waals surface area (Å²) in [5.74, 6) is -0.368. The predicted molar refractivity (Wildman–Crippen MR) is 172 cm³/mol. The van der Waals surface area contributed by atoms with Gasteiger partial charge in [0.2, 0.25) is 5.91 Å². The van der Waals surface area contributed by atoms with Crippen LogP contribution in [-0.4, -0.2) is 43.8 Å². The van der Waals surface area contributed by atoms with Gasteiger partial charge in [0.1, 0.15) is 17.7 Å². The maximum Gasteiger partial charge on any atom is 0.494 e. The van der Waals surface area contributed by atoms with Gasteiger partial charge < -0.3 is 15.0 Å². The van der Waals surface area contributed by atoms with E-state index in [0.29, 0.717) is 30.3 Å². The van der Waals surface area contributed by atoms with E-state index in [0.717, 1.165) is 16.6 Å². The van der Waals surface area contributed by atoms with E-state index < -0.39 is 30.3 Å². The van der Waals surface area contributed by atoms with Gasteiger partial charge in [-0.1, -0.05) is 48.5 Å². The number of halogens is 2. The fourth-order valence-electron chi connectivity index (χ4n) is 5.33. The minimum Gasteiger partial charge on any atom is -0.399 e. The molecule has 9 nitrogen and oxygen atoms in total. The number of anilines is 2. The molecule has 5 aromatic rings. The molecule has 0 bridgehead atoms. The second-order valence-corrected chi connectivity index (χ2v) is 12.4. The van der Waals surface area contributed by atoms with E-state index in [1.165, 1.54) is 24.3 Å². The van der Waals surface area contributed by atoms with Gasteiger partial charge in [-0.25, -0.2) is 8.78 Å². The van der Waals surface area contributed by atoms with Crippen molar-refractivity contribution in [3.63, 3.8) is 0 Å². The minimum absolute atomic E-state index is 0.318. The number of amides is 1. The molecule has 6 rings (SSSR count). The normalized spacial score (nSPS) is 16.0. The average molecular weight is 625 g/mol. The summed E-state index contributed by atoms with van der Waals surface area (Å²) in [5, 5.41) is 9.52. The summed E-state index contributed by atoms with van der Waals surface area (Å²) in [7, 11) is -0.563. The fourth-order valence-corrected chi connectivity index (χ4v) is 5.33. The number of hydrogen-bond acceptors (Lipinski definition) is 6. The highest BCUT2D eigenvalue weighted by Gasteiger charge is 2.51. The highest BCUT2D eigenvalue weighted by atomic mass is 19.1. The lowest BCUT2D eigenvalue weighted by molar-refractivity contribution is -0.119. The van der Waals surface area contributed by atoms with Crippen molar-refractivity contribution >= 4 is 30.1 Å². The highest BCUT2D eigenvalue weighted by Crippen LogP contribution is 2.37. The first-order chi connectivity index (χ1) is 21.9. The Morgan fingerprint density at radius 2 is 1.20 bits per heavy atom. The van der Waals surface area contributed by atoms with E-state index in [2.05, 4.69) is 0 Å². The van der Waals surface area contributed by atoms with Crippen molar-refractivity contribution in [2.24, 2.45) is 5.73 Å². The van der Waals surface area contributed by atoms with Crippen molar-refractivity contribution in [1.29, 1.82) is 0 Å². The molecule has 0 aliphatic carbocycles. The van der Waals surface area contributed by atoms with Gasteiger partial charge in [-0.15, -0.1) is 0 Å². The van der Waals surface area contributed by atoms with Crippen LogP contribution in [0.15, 0.2) is 97.3 Å². The predicted octanol–water partition coefficient (Wildman–Crippen LogP) is 5.12. The Balaban J connectivity index is 1.34. The van der Waals surface area contributed by atoms with Crippen LogP contribution in [0.2, 0.25) is 0 Å². The van der Waals surface area contributed by atoms with E-state index in [1.807, 2.05) is 52.0 Å². The van der Waals surface area contributed by atoms with Crippen LogP contribution in [0.25, 0.3) is 0 Å². The SMILES string of the molecule is CC1(C)OB(c2ccc(C(C(N)=O)N(c3ccn(Cc4ccc(F)cc4)n3)c3ccn(Cc4ccc(F)cc4)n3)cc2)OC1(C)C. The Morgan fingerprint density at radius 3 is 1.61 bits per heavy atom. The summed E-state index contributed by atoms with van der Waals surface area (Å²) >= 11 is 0.